The number of carbonyl (C=O) groups excluding carboxylic acids is 1. The van der Waals surface area contributed by atoms with Gasteiger partial charge in [0.1, 0.15) is 6.10 Å². The van der Waals surface area contributed by atoms with E-state index in [9.17, 15) is 9.59 Å². The third-order valence-corrected chi connectivity index (χ3v) is 3.74. The van der Waals surface area contributed by atoms with Crippen molar-refractivity contribution in [2.45, 2.75) is 45.3 Å². The average Bonchev–Trinajstić information content (AvgIpc) is 2.64. The molecule has 0 heterocycles. The molecule has 2 aromatic rings. The molecule has 6 heteroatoms. The highest BCUT2D eigenvalue weighted by atomic mass is 16.4. The molecule has 27 heavy (non-hydrogen) atoms. The lowest BCUT2D eigenvalue weighted by Gasteiger charge is -2.07. The molecule has 1 amide bonds. The number of hydrogen-bond acceptors (Lipinski definition) is 4. The Hall–Kier alpha value is -2.70. The van der Waals surface area contributed by atoms with Crippen LogP contribution in [0.4, 0.5) is 5.69 Å². The lowest BCUT2D eigenvalue weighted by atomic mass is 10.1. The monoisotopic (exact) mass is 373 g/mol. The van der Waals surface area contributed by atoms with Crippen molar-refractivity contribution in [2.75, 3.05) is 5.32 Å². The number of carboxylic acid groups (broad SMARTS) is 1. The number of aliphatic hydroxyl groups is 2. The molecule has 0 aromatic heterocycles. The second-order valence-electron chi connectivity index (χ2n) is 6.20. The van der Waals surface area contributed by atoms with Crippen LogP contribution in [0.25, 0.3) is 0 Å². The van der Waals surface area contributed by atoms with E-state index in [-0.39, 0.29) is 12.5 Å². The summed E-state index contributed by atoms with van der Waals surface area (Å²) in [6.45, 7) is 3.16. The molecule has 2 unspecified atom stereocenters. The van der Waals surface area contributed by atoms with Gasteiger partial charge in [-0.3, -0.25) is 9.59 Å². The van der Waals surface area contributed by atoms with Gasteiger partial charge in [0.15, 0.2) is 0 Å². The Labute approximate surface area is 159 Å². The number of aliphatic carboxylic acids is 1. The molecule has 0 radical (unpaired) electrons. The van der Waals surface area contributed by atoms with E-state index in [1.54, 1.807) is 19.1 Å². The first-order chi connectivity index (χ1) is 12.8. The quantitative estimate of drug-likeness (QED) is 0.596. The zero-order chi connectivity index (χ0) is 20.2. The van der Waals surface area contributed by atoms with Gasteiger partial charge in [-0.05, 0) is 49.9 Å². The predicted molar refractivity (Wildman–Crippen MR) is 104 cm³/mol. The van der Waals surface area contributed by atoms with Crippen molar-refractivity contribution in [2.24, 2.45) is 0 Å². The van der Waals surface area contributed by atoms with E-state index in [0.717, 1.165) is 11.1 Å². The number of carbonyl (C=O) groups is 2. The molecule has 0 fully saturated rings. The Morgan fingerprint density at radius 2 is 1.56 bits per heavy atom. The van der Waals surface area contributed by atoms with E-state index in [4.69, 9.17) is 15.3 Å². The summed E-state index contributed by atoms with van der Waals surface area (Å²) >= 11 is 0. The van der Waals surface area contributed by atoms with Crippen LogP contribution in [0, 0.1) is 0 Å². The number of anilines is 1. The number of hydrogen-bond donors (Lipinski definition) is 4. The van der Waals surface area contributed by atoms with Crippen LogP contribution in [0.1, 0.15) is 43.9 Å². The fraction of sp³-hybridized carbons (Fsp3) is 0.333. The molecule has 0 aliphatic carbocycles. The van der Waals surface area contributed by atoms with Gasteiger partial charge in [-0.2, -0.15) is 0 Å². The minimum atomic E-state index is -1.04. The van der Waals surface area contributed by atoms with Crippen molar-refractivity contribution in [3.05, 3.63) is 65.7 Å². The van der Waals surface area contributed by atoms with E-state index in [1.807, 2.05) is 42.5 Å². The van der Waals surface area contributed by atoms with Crippen molar-refractivity contribution >= 4 is 17.6 Å². The Balaban J connectivity index is 0.000000337. The van der Waals surface area contributed by atoms with Gasteiger partial charge in [0, 0.05) is 12.1 Å². The van der Waals surface area contributed by atoms with Crippen molar-refractivity contribution < 1.29 is 24.9 Å². The average molecular weight is 373 g/mol. The van der Waals surface area contributed by atoms with Gasteiger partial charge < -0.3 is 20.6 Å². The Bertz CT molecular complexity index is 696. The van der Waals surface area contributed by atoms with Gasteiger partial charge in [-0.25, -0.2) is 0 Å². The highest BCUT2D eigenvalue weighted by Gasteiger charge is 2.08. The van der Waals surface area contributed by atoms with Crippen LogP contribution in [0.2, 0.25) is 0 Å². The molecule has 0 bridgehead atoms. The molecule has 0 saturated carbocycles. The topological polar surface area (TPSA) is 107 Å². The van der Waals surface area contributed by atoms with Crippen molar-refractivity contribution in [1.29, 1.82) is 0 Å². The maximum atomic E-state index is 11.2. The summed E-state index contributed by atoms with van der Waals surface area (Å²) in [5.74, 6) is -1.25. The summed E-state index contributed by atoms with van der Waals surface area (Å²) in [4.78, 5) is 21.6. The number of aryl methyl sites for hydroxylation is 1. The van der Waals surface area contributed by atoms with Crippen LogP contribution in [-0.2, 0) is 16.0 Å². The minimum absolute atomic E-state index is 0.153. The summed E-state index contributed by atoms with van der Waals surface area (Å²) < 4.78 is 0. The van der Waals surface area contributed by atoms with Crippen LogP contribution in [0.15, 0.2) is 54.6 Å². The van der Waals surface area contributed by atoms with Gasteiger partial charge >= 0.3 is 5.97 Å². The highest BCUT2D eigenvalue weighted by molar-refractivity contribution is 5.93. The fourth-order valence-electron chi connectivity index (χ4n) is 2.18. The number of aliphatic hydroxyl groups excluding tert-OH is 2. The summed E-state index contributed by atoms with van der Waals surface area (Å²) in [7, 11) is 0. The maximum Gasteiger partial charge on any atom is 0.303 e. The molecule has 6 nitrogen and oxygen atoms in total. The summed E-state index contributed by atoms with van der Waals surface area (Å²) in [6.07, 6.45) is 0.0537. The Morgan fingerprint density at radius 1 is 0.963 bits per heavy atom. The van der Waals surface area contributed by atoms with Gasteiger partial charge in [-0.15, -0.1) is 0 Å². The maximum absolute atomic E-state index is 11.2. The summed E-state index contributed by atoms with van der Waals surface area (Å²) in [5, 5.41) is 29.1. The van der Waals surface area contributed by atoms with Crippen molar-refractivity contribution in [3.8, 4) is 0 Å². The molecule has 0 aliphatic heterocycles. The summed E-state index contributed by atoms with van der Waals surface area (Å²) in [5.41, 5.74) is 2.60. The number of benzene rings is 2. The third kappa shape index (κ3) is 9.53. The molecule has 0 saturated heterocycles. The van der Waals surface area contributed by atoms with Crippen molar-refractivity contribution in [1.82, 2.24) is 0 Å². The highest BCUT2D eigenvalue weighted by Crippen LogP contribution is 2.12. The molecular formula is C21H27NO5. The van der Waals surface area contributed by atoms with Gasteiger partial charge in [-0.1, -0.05) is 42.5 Å². The lowest BCUT2D eigenvalue weighted by molar-refractivity contribution is -0.137. The lowest BCUT2D eigenvalue weighted by Crippen LogP contribution is -2.24. The Kier molecular flexibility index (Phi) is 9.79. The first-order valence-corrected chi connectivity index (χ1v) is 8.82. The minimum Gasteiger partial charge on any atom is -0.481 e. The van der Waals surface area contributed by atoms with E-state index in [1.165, 1.54) is 6.92 Å². The molecular weight excluding hydrogens is 346 g/mol. The second-order valence-corrected chi connectivity index (χ2v) is 6.20. The standard InChI is InChI=1S/C13H17NO4.C8H10O/c1-9(15)13(18)14-11-7-5-10(6-8-11)3-2-4-12(16)17;1-7(9)8-5-3-2-4-6-8/h5-9,15H,2-4H2,1H3,(H,14,18)(H,16,17);2-7,9H,1H3. The fourth-order valence-corrected chi connectivity index (χ4v) is 2.18. The molecule has 146 valence electrons. The van der Waals surface area contributed by atoms with Crippen LogP contribution in [-0.4, -0.2) is 33.3 Å². The number of carboxylic acids is 1. The predicted octanol–water partition coefficient (Wildman–Crippen LogP) is 3.15. The van der Waals surface area contributed by atoms with E-state index in [2.05, 4.69) is 5.32 Å². The van der Waals surface area contributed by atoms with Gasteiger partial charge in [0.2, 0.25) is 0 Å². The number of amides is 1. The van der Waals surface area contributed by atoms with E-state index >= 15 is 0 Å². The molecule has 0 aliphatic rings. The molecule has 2 rings (SSSR count). The summed E-state index contributed by atoms with van der Waals surface area (Å²) in [6, 6.07) is 16.7. The zero-order valence-electron chi connectivity index (χ0n) is 15.6. The van der Waals surface area contributed by atoms with Crippen LogP contribution in [0.5, 0.6) is 0 Å². The molecule has 4 N–H and O–H groups in total. The largest absolute Gasteiger partial charge is 0.481 e. The van der Waals surface area contributed by atoms with Crippen LogP contribution < -0.4 is 5.32 Å². The van der Waals surface area contributed by atoms with E-state index < -0.39 is 18.0 Å². The van der Waals surface area contributed by atoms with Crippen LogP contribution in [0.3, 0.4) is 0 Å². The number of nitrogens with one attached hydrogen (secondary N) is 1. The van der Waals surface area contributed by atoms with E-state index in [0.29, 0.717) is 18.5 Å². The first-order valence-electron chi connectivity index (χ1n) is 8.82. The molecule has 0 spiro atoms. The van der Waals surface area contributed by atoms with Gasteiger partial charge in [0.05, 0.1) is 6.10 Å². The second kappa shape index (κ2) is 11.8. The van der Waals surface area contributed by atoms with Crippen LogP contribution >= 0.6 is 0 Å². The normalized spacial score (nSPS) is 12.3. The Morgan fingerprint density at radius 3 is 2.00 bits per heavy atom. The third-order valence-electron chi connectivity index (χ3n) is 3.74. The van der Waals surface area contributed by atoms with Crippen molar-refractivity contribution in [3.63, 3.8) is 0 Å². The number of rotatable bonds is 7. The van der Waals surface area contributed by atoms with Gasteiger partial charge in [0.25, 0.3) is 5.91 Å². The SMILES string of the molecule is CC(O)C(=O)Nc1ccc(CCCC(=O)O)cc1.CC(O)c1ccccc1. The molecule has 2 atom stereocenters. The smallest absolute Gasteiger partial charge is 0.303 e. The zero-order valence-corrected chi connectivity index (χ0v) is 15.6. The first kappa shape index (κ1) is 22.3. The molecule has 2 aromatic carbocycles.